The molecule has 0 bridgehead atoms. The minimum Gasteiger partial charge on any atom is -0.326 e. The van der Waals surface area contributed by atoms with Crippen molar-refractivity contribution < 1.29 is 0 Å². The van der Waals surface area contributed by atoms with Gasteiger partial charge in [0, 0.05) is 17.5 Å². The second-order valence-corrected chi connectivity index (χ2v) is 7.71. The fourth-order valence-electron chi connectivity index (χ4n) is 2.58. The Morgan fingerprint density at radius 3 is 2.26 bits per heavy atom. The quantitative estimate of drug-likeness (QED) is 0.741. The van der Waals surface area contributed by atoms with E-state index in [-0.39, 0.29) is 6.04 Å². The lowest BCUT2D eigenvalue weighted by molar-refractivity contribution is 0.156. The highest BCUT2D eigenvalue weighted by molar-refractivity contribution is 9.11. The van der Waals surface area contributed by atoms with Crippen molar-refractivity contribution in [2.45, 2.75) is 52.6 Å². The molecule has 0 aromatic carbocycles. The fourth-order valence-corrected chi connectivity index (χ4v) is 4.25. The molecule has 4 heteroatoms. The van der Waals surface area contributed by atoms with Crippen LogP contribution in [0.25, 0.3) is 0 Å². The maximum atomic E-state index is 6.26. The van der Waals surface area contributed by atoms with E-state index in [9.17, 15) is 0 Å². The highest BCUT2D eigenvalue weighted by atomic mass is 79.9. The lowest BCUT2D eigenvalue weighted by Gasteiger charge is -2.35. The van der Waals surface area contributed by atoms with Crippen LogP contribution in [0, 0.1) is 5.92 Å². The molecular formula is C15H27BrN2S. The van der Waals surface area contributed by atoms with Crippen molar-refractivity contribution in [1.82, 2.24) is 4.90 Å². The zero-order valence-corrected chi connectivity index (χ0v) is 14.9. The smallest absolute Gasteiger partial charge is 0.0702 e. The van der Waals surface area contributed by atoms with Crippen molar-refractivity contribution in [3.63, 3.8) is 0 Å². The van der Waals surface area contributed by atoms with E-state index >= 15 is 0 Å². The Hall–Kier alpha value is 0.1000. The molecule has 2 N–H and O–H groups in total. The van der Waals surface area contributed by atoms with E-state index in [1.807, 2.05) is 0 Å². The predicted molar refractivity (Wildman–Crippen MR) is 89.7 cm³/mol. The molecule has 1 heterocycles. The maximum absolute atomic E-state index is 6.26. The van der Waals surface area contributed by atoms with Gasteiger partial charge in [-0.25, -0.2) is 0 Å². The molecule has 1 aromatic rings. The van der Waals surface area contributed by atoms with E-state index in [1.165, 1.54) is 21.5 Å². The number of likely N-dealkylation sites (N-methyl/N-ethyl adjacent to an activating group) is 1. The summed E-state index contributed by atoms with van der Waals surface area (Å²) in [5, 5.41) is 0. The lowest BCUT2D eigenvalue weighted by Crippen LogP contribution is -2.41. The van der Waals surface area contributed by atoms with E-state index in [0.29, 0.717) is 6.04 Å². The first kappa shape index (κ1) is 17.2. The summed E-state index contributed by atoms with van der Waals surface area (Å²) in [6.45, 7) is 11.1. The first-order valence-electron chi connectivity index (χ1n) is 7.28. The van der Waals surface area contributed by atoms with Crippen molar-refractivity contribution >= 4 is 27.3 Å². The molecular weight excluding hydrogens is 320 g/mol. The van der Waals surface area contributed by atoms with Crippen LogP contribution in [0.5, 0.6) is 0 Å². The average Bonchev–Trinajstić information content (AvgIpc) is 2.80. The Morgan fingerprint density at radius 2 is 1.89 bits per heavy atom. The number of thiophene rings is 1. The van der Waals surface area contributed by atoms with Gasteiger partial charge in [-0.2, -0.15) is 0 Å². The molecule has 0 aliphatic carbocycles. The minimum absolute atomic E-state index is 0.153. The first-order chi connectivity index (χ1) is 9.03. The molecule has 0 aliphatic heterocycles. The van der Waals surface area contributed by atoms with Crippen LogP contribution in [0.15, 0.2) is 15.9 Å². The second-order valence-electron chi connectivity index (χ2n) is 5.22. The molecule has 0 fully saturated rings. The van der Waals surface area contributed by atoms with Gasteiger partial charge in [0.15, 0.2) is 0 Å². The fraction of sp³-hybridized carbons (Fsp3) is 0.733. The van der Waals surface area contributed by atoms with Gasteiger partial charge in [-0.1, -0.05) is 33.6 Å². The maximum Gasteiger partial charge on any atom is 0.0702 e. The molecule has 110 valence electrons. The van der Waals surface area contributed by atoms with Crippen LogP contribution in [0.3, 0.4) is 0 Å². The number of halogens is 1. The zero-order chi connectivity index (χ0) is 14.4. The number of hydrogen-bond donors (Lipinski definition) is 1. The van der Waals surface area contributed by atoms with E-state index in [0.717, 1.165) is 19.0 Å². The summed E-state index contributed by atoms with van der Waals surface area (Å²) in [7, 11) is 0. The van der Waals surface area contributed by atoms with E-state index in [1.54, 1.807) is 11.3 Å². The molecule has 0 amide bonds. The third-order valence-corrected chi connectivity index (χ3v) is 5.52. The standard InChI is InChI=1S/C15H27BrN2S/c1-5-12(6-2)10-18(7-3)15(11(4)17)13-8-9-14(16)19-13/h8-9,11-12,15H,5-7,10,17H2,1-4H3. The van der Waals surface area contributed by atoms with Gasteiger partial charge in [0.05, 0.1) is 9.83 Å². The van der Waals surface area contributed by atoms with Crippen LogP contribution in [-0.4, -0.2) is 24.0 Å². The molecule has 0 saturated carbocycles. The number of nitrogens with zero attached hydrogens (tertiary/aromatic N) is 1. The van der Waals surface area contributed by atoms with Gasteiger partial charge in [-0.3, -0.25) is 4.90 Å². The van der Waals surface area contributed by atoms with Gasteiger partial charge in [0.1, 0.15) is 0 Å². The van der Waals surface area contributed by atoms with Gasteiger partial charge in [-0.05, 0) is 47.4 Å². The van der Waals surface area contributed by atoms with Crippen LogP contribution < -0.4 is 5.73 Å². The van der Waals surface area contributed by atoms with E-state index in [4.69, 9.17) is 5.73 Å². The van der Waals surface area contributed by atoms with Gasteiger partial charge >= 0.3 is 0 Å². The van der Waals surface area contributed by atoms with Crippen LogP contribution in [0.4, 0.5) is 0 Å². The average molecular weight is 347 g/mol. The SMILES string of the molecule is CCC(CC)CN(CC)C(c1ccc(Br)s1)C(C)N. The Labute approximate surface area is 130 Å². The van der Waals surface area contributed by atoms with E-state index in [2.05, 4.69) is 60.7 Å². The normalized spacial score (nSPS) is 15.2. The minimum atomic E-state index is 0.153. The zero-order valence-electron chi connectivity index (χ0n) is 12.5. The van der Waals surface area contributed by atoms with Crippen molar-refractivity contribution in [1.29, 1.82) is 0 Å². The first-order valence-corrected chi connectivity index (χ1v) is 8.89. The third-order valence-electron chi connectivity index (χ3n) is 3.83. The van der Waals surface area contributed by atoms with Crippen molar-refractivity contribution in [2.75, 3.05) is 13.1 Å². The monoisotopic (exact) mass is 346 g/mol. The number of nitrogens with two attached hydrogens (primary N) is 1. The van der Waals surface area contributed by atoms with E-state index < -0.39 is 0 Å². The molecule has 1 aromatic heterocycles. The topological polar surface area (TPSA) is 29.3 Å². The summed E-state index contributed by atoms with van der Waals surface area (Å²) in [6.07, 6.45) is 2.49. The van der Waals surface area contributed by atoms with Gasteiger partial charge < -0.3 is 5.73 Å². The molecule has 2 nitrogen and oxygen atoms in total. The molecule has 0 radical (unpaired) electrons. The summed E-state index contributed by atoms with van der Waals surface area (Å²) in [5.41, 5.74) is 6.26. The Kier molecular flexibility index (Phi) is 7.58. The second kappa shape index (κ2) is 8.40. The van der Waals surface area contributed by atoms with Crippen molar-refractivity contribution in [2.24, 2.45) is 11.7 Å². The summed E-state index contributed by atoms with van der Waals surface area (Å²) < 4.78 is 1.19. The molecule has 19 heavy (non-hydrogen) atoms. The molecule has 1 rings (SSSR count). The molecule has 2 unspecified atom stereocenters. The van der Waals surface area contributed by atoms with Gasteiger partial charge in [0.2, 0.25) is 0 Å². The highest BCUT2D eigenvalue weighted by Gasteiger charge is 2.25. The largest absolute Gasteiger partial charge is 0.326 e. The Balaban J connectivity index is 2.89. The van der Waals surface area contributed by atoms with Gasteiger partial charge in [-0.15, -0.1) is 11.3 Å². The Morgan fingerprint density at radius 1 is 1.26 bits per heavy atom. The molecule has 0 spiro atoms. The third kappa shape index (κ3) is 4.85. The van der Waals surface area contributed by atoms with Crippen LogP contribution in [0.1, 0.15) is 51.5 Å². The highest BCUT2D eigenvalue weighted by Crippen LogP contribution is 2.33. The van der Waals surface area contributed by atoms with Crippen LogP contribution in [0.2, 0.25) is 0 Å². The summed E-state index contributed by atoms with van der Waals surface area (Å²) in [4.78, 5) is 3.91. The number of rotatable bonds is 8. The predicted octanol–water partition coefficient (Wildman–Crippen LogP) is 4.66. The van der Waals surface area contributed by atoms with Crippen LogP contribution in [-0.2, 0) is 0 Å². The van der Waals surface area contributed by atoms with Gasteiger partial charge in [0.25, 0.3) is 0 Å². The summed E-state index contributed by atoms with van der Waals surface area (Å²) >= 11 is 5.36. The number of hydrogen-bond acceptors (Lipinski definition) is 3. The Bertz CT molecular complexity index is 361. The summed E-state index contributed by atoms with van der Waals surface area (Å²) in [6, 6.07) is 4.82. The lowest BCUT2D eigenvalue weighted by atomic mass is 10.00. The molecule has 0 aliphatic rings. The van der Waals surface area contributed by atoms with Crippen molar-refractivity contribution in [3.05, 3.63) is 20.8 Å². The van der Waals surface area contributed by atoms with Crippen LogP contribution >= 0.6 is 27.3 Å². The molecule has 2 atom stereocenters. The molecule has 0 saturated heterocycles. The van der Waals surface area contributed by atoms with Crippen molar-refractivity contribution in [3.8, 4) is 0 Å². The summed E-state index contributed by atoms with van der Waals surface area (Å²) in [5.74, 6) is 0.768.